The second-order valence-corrected chi connectivity index (χ2v) is 12.0. The van der Waals surface area contributed by atoms with Crippen molar-refractivity contribution in [3.05, 3.63) is 82.9 Å². The van der Waals surface area contributed by atoms with E-state index >= 15 is 0 Å². The van der Waals surface area contributed by atoms with Crippen molar-refractivity contribution in [2.45, 2.75) is 50.7 Å². The van der Waals surface area contributed by atoms with Crippen LogP contribution in [0.5, 0.6) is 0 Å². The molecule has 1 saturated heterocycles. The van der Waals surface area contributed by atoms with E-state index in [9.17, 15) is 9.59 Å². The molecule has 0 spiro atoms. The van der Waals surface area contributed by atoms with Crippen LogP contribution in [0.15, 0.2) is 65.6 Å². The molecule has 0 aromatic heterocycles. The fraction of sp³-hybridized carbons (Fsp3) is 0.375. The van der Waals surface area contributed by atoms with E-state index in [0.29, 0.717) is 25.3 Å². The molecule has 1 fully saturated rings. The SMILES string of the molecule is Cc1c(S)cc(CN2CCN(C(=O)OC(C)(C)C)CC2)cc1NC(=O)OCC1c2ccccc2-c2ccccc21. The van der Waals surface area contributed by atoms with E-state index in [1.165, 1.54) is 22.3 Å². The smallest absolute Gasteiger partial charge is 0.411 e. The number of carbonyl (C=O) groups is 2. The van der Waals surface area contributed by atoms with E-state index in [0.717, 1.165) is 29.1 Å². The first kappa shape index (κ1) is 28.1. The van der Waals surface area contributed by atoms with Gasteiger partial charge in [-0.05, 0) is 73.2 Å². The van der Waals surface area contributed by atoms with Crippen LogP contribution in [0.1, 0.15) is 48.9 Å². The summed E-state index contributed by atoms with van der Waals surface area (Å²) in [5.74, 6) is 0.00497. The minimum atomic E-state index is -0.504. The minimum Gasteiger partial charge on any atom is -0.448 e. The zero-order valence-corrected chi connectivity index (χ0v) is 24.5. The number of benzene rings is 3. The summed E-state index contributed by atoms with van der Waals surface area (Å²) < 4.78 is 11.3. The van der Waals surface area contributed by atoms with Crippen molar-refractivity contribution in [2.75, 3.05) is 38.1 Å². The summed E-state index contributed by atoms with van der Waals surface area (Å²) in [5, 5.41) is 2.95. The fourth-order valence-electron chi connectivity index (χ4n) is 5.40. The van der Waals surface area contributed by atoms with Gasteiger partial charge in [-0.3, -0.25) is 10.2 Å². The predicted octanol–water partition coefficient (Wildman–Crippen LogP) is 6.70. The van der Waals surface area contributed by atoms with E-state index in [1.54, 1.807) is 4.90 Å². The predicted molar refractivity (Wildman–Crippen MR) is 160 cm³/mol. The summed E-state index contributed by atoms with van der Waals surface area (Å²) in [6.45, 7) is 11.2. The van der Waals surface area contributed by atoms with Gasteiger partial charge >= 0.3 is 12.2 Å². The van der Waals surface area contributed by atoms with Crippen LogP contribution in [0.2, 0.25) is 0 Å². The van der Waals surface area contributed by atoms with Gasteiger partial charge in [0, 0.05) is 49.2 Å². The number of thiol groups is 1. The number of amides is 2. The maximum atomic E-state index is 12.9. The maximum absolute atomic E-state index is 12.9. The first-order valence-corrected chi connectivity index (χ1v) is 14.2. The van der Waals surface area contributed by atoms with Gasteiger partial charge in [0.05, 0.1) is 0 Å². The Morgan fingerprint density at radius 3 is 2.15 bits per heavy atom. The molecular formula is C32H37N3O4S. The lowest BCUT2D eigenvalue weighted by Gasteiger charge is -2.35. The van der Waals surface area contributed by atoms with Crippen LogP contribution in [-0.4, -0.2) is 60.4 Å². The number of nitrogens with one attached hydrogen (secondary N) is 1. The number of piperazine rings is 1. The second-order valence-electron chi connectivity index (χ2n) is 11.5. The number of rotatable bonds is 5. The highest BCUT2D eigenvalue weighted by Gasteiger charge is 2.29. The molecule has 3 aromatic carbocycles. The van der Waals surface area contributed by atoms with Gasteiger partial charge in [0.2, 0.25) is 0 Å². The number of carbonyl (C=O) groups excluding carboxylic acids is 2. The van der Waals surface area contributed by atoms with E-state index in [1.807, 2.05) is 64.1 Å². The molecule has 2 aliphatic rings. The van der Waals surface area contributed by atoms with Gasteiger partial charge in [-0.25, -0.2) is 9.59 Å². The quantitative estimate of drug-likeness (QED) is 0.341. The van der Waals surface area contributed by atoms with Gasteiger partial charge < -0.3 is 14.4 Å². The molecule has 0 atom stereocenters. The Morgan fingerprint density at radius 1 is 0.950 bits per heavy atom. The molecule has 5 rings (SSSR count). The van der Waals surface area contributed by atoms with Gasteiger partial charge in [-0.1, -0.05) is 48.5 Å². The molecular weight excluding hydrogens is 522 g/mol. The Morgan fingerprint density at radius 2 is 1.55 bits per heavy atom. The van der Waals surface area contributed by atoms with E-state index in [2.05, 4.69) is 47.1 Å². The highest BCUT2D eigenvalue weighted by Crippen LogP contribution is 2.44. The topological polar surface area (TPSA) is 71.1 Å². The molecule has 7 nitrogen and oxygen atoms in total. The van der Waals surface area contributed by atoms with Gasteiger partial charge in [0.1, 0.15) is 12.2 Å². The Kier molecular flexibility index (Phi) is 8.10. The number of hydrogen-bond donors (Lipinski definition) is 2. The van der Waals surface area contributed by atoms with E-state index in [4.69, 9.17) is 9.47 Å². The molecule has 1 heterocycles. The molecule has 0 radical (unpaired) electrons. The summed E-state index contributed by atoms with van der Waals surface area (Å²) >= 11 is 4.66. The van der Waals surface area contributed by atoms with Gasteiger partial charge in [-0.15, -0.1) is 12.6 Å². The Hall–Kier alpha value is -3.49. The normalized spacial score (nSPS) is 15.4. The number of hydrogen-bond acceptors (Lipinski definition) is 6. The zero-order valence-electron chi connectivity index (χ0n) is 23.6. The van der Waals surface area contributed by atoms with Crippen LogP contribution < -0.4 is 5.32 Å². The fourth-order valence-corrected chi connectivity index (χ4v) is 5.68. The molecule has 1 aliphatic carbocycles. The first-order valence-electron chi connectivity index (χ1n) is 13.7. The molecule has 40 heavy (non-hydrogen) atoms. The van der Waals surface area contributed by atoms with Crippen LogP contribution in [-0.2, 0) is 16.0 Å². The third-order valence-electron chi connectivity index (χ3n) is 7.45. The number of fused-ring (bicyclic) bond motifs is 3. The highest BCUT2D eigenvalue weighted by molar-refractivity contribution is 7.80. The molecule has 210 valence electrons. The van der Waals surface area contributed by atoms with Crippen molar-refractivity contribution in [3.8, 4) is 11.1 Å². The van der Waals surface area contributed by atoms with Crippen LogP contribution in [0, 0.1) is 6.92 Å². The average molecular weight is 560 g/mol. The summed E-state index contributed by atoms with van der Waals surface area (Å²) in [6.07, 6.45) is -0.754. The molecule has 2 amide bonds. The average Bonchev–Trinajstić information content (AvgIpc) is 3.23. The molecule has 1 aliphatic heterocycles. The van der Waals surface area contributed by atoms with Crippen molar-refractivity contribution >= 4 is 30.5 Å². The highest BCUT2D eigenvalue weighted by atomic mass is 32.1. The van der Waals surface area contributed by atoms with Crippen molar-refractivity contribution < 1.29 is 19.1 Å². The second kappa shape index (κ2) is 11.6. The van der Waals surface area contributed by atoms with Crippen molar-refractivity contribution in [3.63, 3.8) is 0 Å². The number of nitrogens with zero attached hydrogens (tertiary/aromatic N) is 2. The van der Waals surface area contributed by atoms with Crippen LogP contribution in [0.25, 0.3) is 11.1 Å². The Bertz CT molecular complexity index is 1360. The molecule has 0 saturated carbocycles. The lowest BCUT2D eigenvalue weighted by atomic mass is 9.98. The minimum absolute atomic E-state index is 0.00497. The summed E-state index contributed by atoms with van der Waals surface area (Å²) in [4.78, 5) is 30.2. The lowest BCUT2D eigenvalue weighted by Crippen LogP contribution is -2.49. The maximum Gasteiger partial charge on any atom is 0.411 e. The molecule has 0 bridgehead atoms. The summed E-state index contributed by atoms with van der Waals surface area (Å²) in [6, 6.07) is 20.6. The van der Waals surface area contributed by atoms with Crippen molar-refractivity contribution in [1.82, 2.24) is 9.80 Å². The van der Waals surface area contributed by atoms with Crippen molar-refractivity contribution in [2.24, 2.45) is 0 Å². The van der Waals surface area contributed by atoms with E-state index < -0.39 is 11.7 Å². The standard InChI is InChI=1S/C32H37N3O4S/c1-21-28(17-22(18-29(21)40)19-34-13-15-35(16-14-34)31(37)39-32(2,3)4)33-30(36)38-20-27-25-11-7-5-9-23(25)24-10-6-8-12-26(24)27/h5-12,17-18,27,40H,13-16,19-20H2,1-4H3,(H,33,36). The van der Waals surface area contributed by atoms with Crippen molar-refractivity contribution in [1.29, 1.82) is 0 Å². The van der Waals surface area contributed by atoms with Gasteiger partial charge in [-0.2, -0.15) is 0 Å². The number of ether oxygens (including phenoxy) is 2. The molecule has 1 N–H and O–H groups in total. The molecule has 3 aromatic rings. The number of anilines is 1. The zero-order chi connectivity index (χ0) is 28.4. The molecule has 0 unspecified atom stereocenters. The largest absolute Gasteiger partial charge is 0.448 e. The van der Waals surface area contributed by atoms with E-state index in [-0.39, 0.29) is 18.6 Å². The third kappa shape index (κ3) is 6.29. The van der Waals surface area contributed by atoms with Crippen LogP contribution >= 0.6 is 12.6 Å². The monoisotopic (exact) mass is 559 g/mol. The summed E-state index contributed by atoms with van der Waals surface area (Å²) in [5.41, 5.74) is 6.86. The third-order valence-corrected chi connectivity index (χ3v) is 7.92. The van der Waals surface area contributed by atoms with Crippen LogP contribution in [0.3, 0.4) is 0 Å². The molecule has 8 heteroatoms. The first-order chi connectivity index (χ1) is 19.1. The van der Waals surface area contributed by atoms with Crippen LogP contribution in [0.4, 0.5) is 15.3 Å². The Labute approximate surface area is 241 Å². The van der Waals surface area contributed by atoms with Gasteiger partial charge in [0.25, 0.3) is 0 Å². The lowest BCUT2D eigenvalue weighted by molar-refractivity contribution is 0.0139. The summed E-state index contributed by atoms with van der Waals surface area (Å²) in [7, 11) is 0. The Balaban J connectivity index is 1.19. The van der Waals surface area contributed by atoms with Gasteiger partial charge in [0.15, 0.2) is 0 Å².